The molecule has 0 spiro atoms. The van der Waals surface area contributed by atoms with E-state index in [0.717, 1.165) is 36.5 Å². The third-order valence-corrected chi connectivity index (χ3v) is 5.65. The van der Waals surface area contributed by atoms with E-state index in [9.17, 15) is 9.90 Å². The van der Waals surface area contributed by atoms with E-state index >= 15 is 0 Å². The molecule has 3 atom stereocenters. The van der Waals surface area contributed by atoms with Crippen LogP contribution in [-0.4, -0.2) is 47.4 Å². The third-order valence-electron chi connectivity index (χ3n) is 5.65. The molecule has 2 aromatic rings. The molecule has 7 heteroatoms. The summed E-state index contributed by atoms with van der Waals surface area (Å²) in [6.45, 7) is 4.82. The number of aryl methyl sites for hydroxylation is 2. The van der Waals surface area contributed by atoms with Crippen molar-refractivity contribution in [2.24, 2.45) is 0 Å². The maximum atomic E-state index is 12.1. The van der Waals surface area contributed by atoms with Crippen molar-refractivity contribution in [3.63, 3.8) is 0 Å². The second-order valence-corrected chi connectivity index (χ2v) is 7.80. The van der Waals surface area contributed by atoms with Crippen molar-refractivity contribution in [3.8, 4) is 0 Å². The van der Waals surface area contributed by atoms with Crippen molar-refractivity contribution in [1.82, 2.24) is 24.6 Å². The van der Waals surface area contributed by atoms with E-state index in [4.69, 9.17) is 0 Å². The number of hydrogen-bond donors (Lipinski definition) is 1. The fraction of sp³-hybridized carbons (Fsp3) is 0.579. The number of aromatic nitrogens is 4. The number of piperidine rings is 1. The first-order valence-corrected chi connectivity index (χ1v) is 9.22. The van der Waals surface area contributed by atoms with Crippen LogP contribution in [0.4, 0.5) is 0 Å². The summed E-state index contributed by atoms with van der Waals surface area (Å²) < 4.78 is 1.41. The molecule has 0 amide bonds. The zero-order valence-electron chi connectivity index (χ0n) is 15.3. The van der Waals surface area contributed by atoms with Gasteiger partial charge >= 0.3 is 0 Å². The fourth-order valence-electron chi connectivity index (χ4n) is 4.46. The van der Waals surface area contributed by atoms with Crippen molar-refractivity contribution >= 4 is 0 Å². The number of nitrogens with zero attached hydrogens (tertiary/aromatic N) is 5. The fourth-order valence-corrected chi connectivity index (χ4v) is 4.46. The van der Waals surface area contributed by atoms with Gasteiger partial charge in [0.15, 0.2) is 0 Å². The van der Waals surface area contributed by atoms with E-state index in [2.05, 4.69) is 20.0 Å². The molecule has 7 nitrogen and oxygen atoms in total. The van der Waals surface area contributed by atoms with E-state index in [1.165, 1.54) is 10.7 Å². The Morgan fingerprint density at radius 1 is 1.15 bits per heavy atom. The van der Waals surface area contributed by atoms with Gasteiger partial charge in [-0.2, -0.15) is 5.10 Å². The SMILES string of the molecule is Cc1ccc(=O)n(CC2(O)C[C@H]3CC[C@@H](C2)N3Cc2cnc(C)nc2)n1. The summed E-state index contributed by atoms with van der Waals surface area (Å²) in [6, 6.07) is 3.87. The molecule has 2 aliphatic rings. The van der Waals surface area contributed by atoms with Crippen LogP contribution < -0.4 is 5.56 Å². The summed E-state index contributed by atoms with van der Waals surface area (Å²) in [7, 11) is 0. The highest BCUT2D eigenvalue weighted by atomic mass is 16.3. The molecular weight excluding hydrogens is 330 g/mol. The average Bonchev–Trinajstić information content (AvgIpc) is 2.84. The van der Waals surface area contributed by atoms with E-state index in [1.807, 2.05) is 26.2 Å². The van der Waals surface area contributed by atoms with Crippen molar-refractivity contribution in [2.45, 2.75) is 70.3 Å². The molecule has 0 aromatic carbocycles. The molecule has 2 saturated heterocycles. The minimum Gasteiger partial charge on any atom is -0.388 e. The van der Waals surface area contributed by atoms with Gasteiger partial charge in [0.05, 0.1) is 17.8 Å². The third kappa shape index (κ3) is 3.41. The van der Waals surface area contributed by atoms with Gasteiger partial charge in [-0.1, -0.05) is 0 Å². The van der Waals surface area contributed by atoms with Crippen LogP contribution in [0.5, 0.6) is 0 Å². The standard InChI is InChI=1S/C19H25N5O2/c1-13-3-6-18(25)24(22-13)12-19(26)7-16-4-5-17(8-19)23(16)11-15-9-20-14(2)21-10-15/h3,6,9-10,16-17,26H,4-5,7-8,11-12H2,1-2H3/t16-,17+,19?. The summed E-state index contributed by atoms with van der Waals surface area (Å²) in [4.78, 5) is 23.1. The second-order valence-electron chi connectivity index (χ2n) is 7.80. The van der Waals surface area contributed by atoms with Gasteiger partial charge in [0.25, 0.3) is 5.56 Å². The summed E-state index contributed by atoms with van der Waals surface area (Å²) in [5.74, 6) is 0.779. The van der Waals surface area contributed by atoms with Crippen LogP contribution in [0.25, 0.3) is 0 Å². The largest absolute Gasteiger partial charge is 0.388 e. The Morgan fingerprint density at radius 2 is 1.81 bits per heavy atom. The summed E-state index contributed by atoms with van der Waals surface area (Å²) in [6.07, 6.45) is 7.26. The molecule has 0 saturated carbocycles. The van der Waals surface area contributed by atoms with Crippen LogP contribution >= 0.6 is 0 Å². The van der Waals surface area contributed by atoms with E-state index < -0.39 is 5.60 Å². The van der Waals surface area contributed by atoms with Crippen molar-refractivity contribution in [1.29, 1.82) is 0 Å². The van der Waals surface area contributed by atoms with Crippen molar-refractivity contribution < 1.29 is 5.11 Å². The Hall–Kier alpha value is -2.12. The Morgan fingerprint density at radius 3 is 2.46 bits per heavy atom. The molecule has 138 valence electrons. The smallest absolute Gasteiger partial charge is 0.266 e. The van der Waals surface area contributed by atoms with Gasteiger partial charge < -0.3 is 5.11 Å². The summed E-state index contributed by atoms with van der Waals surface area (Å²) in [5.41, 5.74) is 0.856. The first kappa shape index (κ1) is 17.3. The minimum atomic E-state index is -0.878. The first-order valence-electron chi connectivity index (χ1n) is 9.22. The molecule has 26 heavy (non-hydrogen) atoms. The molecule has 1 unspecified atom stereocenters. The number of fused-ring (bicyclic) bond motifs is 2. The van der Waals surface area contributed by atoms with E-state index in [0.29, 0.717) is 24.9 Å². The molecule has 4 rings (SSSR count). The molecule has 2 aliphatic heterocycles. The Kier molecular flexibility index (Phi) is 4.36. The quantitative estimate of drug-likeness (QED) is 0.887. The minimum absolute atomic E-state index is 0.157. The van der Waals surface area contributed by atoms with Crippen molar-refractivity contribution in [3.05, 3.63) is 52.0 Å². The number of aliphatic hydroxyl groups is 1. The topological polar surface area (TPSA) is 84.1 Å². The Labute approximate surface area is 152 Å². The Bertz CT molecular complexity index is 834. The van der Waals surface area contributed by atoms with Crippen LogP contribution in [0.3, 0.4) is 0 Å². The Balaban J connectivity index is 1.49. The van der Waals surface area contributed by atoms with Crippen LogP contribution in [-0.2, 0) is 13.1 Å². The predicted molar refractivity (Wildman–Crippen MR) is 96.5 cm³/mol. The van der Waals surface area contributed by atoms with Crippen LogP contribution in [0, 0.1) is 13.8 Å². The molecule has 0 radical (unpaired) electrons. The maximum Gasteiger partial charge on any atom is 0.266 e. The lowest BCUT2D eigenvalue weighted by molar-refractivity contribution is -0.0678. The van der Waals surface area contributed by atoms with Gasteiger partial charge in [-0.3, -0.25) is 9.69 Å². The lowest BCUT2D eigenvalue weighted by atomic mass is 9.85. The maximum absolute atomic E-state index is 12.1. The van der Waals surface area contributed by atoms with Gasteiger partial charge in [-0.05, 0) is 45.6 Å². The van der Waals surface area contributed by atoms with Gasteiger partial charge in [-0.15, -0.1) is 0 Å². The zero-order valence-corrected chi connectivity index (χ0v) is 15.3. The normalized spacial score (nSPS) is 28.4. The van der Waals surface area contributed by atoms with Gasteiger partial charge in [0, 0.05) is 42.7 Å². The second kappa shape index (κ2) is 6.55. The molecule has 0 aliphatic carbocycles. The zero-order chi connectivity index (χ0) is 18.3. The summed E-state index contributed by atoms with van der Waals surface area (Å²) in [5, 5.41) is 15.5. The van der Waals surface area contributed by atoms with Gasteiger partial charge in [0.1, 0.15) is 5.82 Å². The van der Waals surface area contributed by atoms with Crippen LogP contribution in [0.1, 0.15) is 42.8 Å². The summed E-state index contributed by atoms with van der Waals surface area (Å²) >= 11 is 0. The highest BCUT2D eigenvalue weighted by Crippen LogP contribution is 2.42. The highest BCUT2D eigenvalue weighted by Gasteiger charge is 2.47. The van der Waals surface area contributed by atoms with Crippen molar-refractivity contribution in [2.75, 3.05) is 0 Å². The predicted octanol–water partition coefficient (Wildman–Crippen LogP) is 1.21. The van der Waals surface area contributed by atoms with Crippen LogP contribution in [0.2, 0.25) is 0 Å². The average molecular weight is 355 g/mol. The van der Waals surface area contributed by atoms with Gasteiger partial charge in [0.2, 0.25) is 0 Å². The van der Waals surface area contributed by atoms with Gasteiger partial charge in [-0.25, -0.2) is 14.6 Å². The lowest BCUT2D eigenvalue weighted by Crippen LogP contribution is -2.53. The first-order chi connectivity index (χ1) is 12.4. The molecule has 4 heterocycles. The monoisotopic (exact) mass is 355 g/mol. The molecule has 2 bridgehead atoms. The van der Waals surface area contributed by atoms with E-state index in [1.54, 1.807) is 6.07 Å². The number of hydrogen-bond acceptors (Lipinski definition) is 6. The van der Waals surface area contributed by atoms with E-state index in [-0.39, 0.29) is 12.1 Å². The molecule has 2 aromatic heterocycles. The highest BCUT2D eigenvalue weighted by molar-refractivity contribution is 5.09. The lowest BCUT2D eigenvalue weighted by Gasteiger charge is -2.43. The van der Waals surface area contributed by atoms with Crippen LogP contribution in [0.15, 0.2) is 29.3 Å². The molecule has 2 fully saturated rings. The molecular formula is C19H25N5O2. The molecule has 1 N–H and O–H groups in total. The number of rotatable bonds is 4.